The van der Waals surface area contributed by atoms with Crippen LogP contribution in [0.1, 0.15) is 32.6 Å². The molecule has 9 N–H and O–H groups in total. The molecular formula is C8H22N4O3. The molecule has 0 spiro atoms. The summed E-state index contributed by atoms with van der Waals surface area (Å²) in [5, 5.41) is 8.29. The van der Waals surface area contributed by atoms with Gasteiger partial charge in [0.1, 0.15) is 0 Å². The third kappa shape index (κ3) is 220. The number of unbranched alkanes of at least 4 members (excludes halogenated alkanes) is 3. The van der Waals surface area contributed by atoms with E-state index in [-0.39, 0.29) is 0 Å². The maximum atomic E-state index is 9.00. The van der Waals surface area contributed by atoms with Gasteiger partial charge in [-0.3, -0.25) is 0 Å². The lowest BCUT2D eigenvalue weighted by Gasteiger charge is -1.90. The van der Waals surface area contributed by atoms with Gasteiger partial charge >= 0.3 is 12.1 Å². The van der Waals surface area contributed by atoms with Crippen LogP contribution in [0.5, 0.6) is 0 Å². The van der Waals surface area contributed by atoms with Gasteiger partial charge in [0.05, 0.1) is 0 Å². The summed E-state index contributed by atoms with van der Waals surface area (Å²) in [6.45, 7) is 2.53. The summed E-state index contributed by atoms with van der Waals surface area (Å²) >= 11 is 0. The Labute approximate surface area is 89.8 Å². The van der Waals surface area contributed by atoms with Crippen molar-refractivity contribution in [3.8, 4) is 0 Å². The van der Waals surface area contributed by atoms with E-state index in [4.69, 9.17) is 14.7 Å². The molecule has 15 heavy (non-hydrogen) atoms. The maximum Gasteiger partial charge on any atom is 0.309 e. The Morgan fingerprint density at radius 1 is 0.933 bits per heavy atom. The molecule has 0 aliphatic heterocycles. The molecule has 0 heterocycles. The lowest BCUT2D eigenvalue weighted by atomic mass is 10.2. The number of carbonyl (C=O) groups excluding carboxylic acids is 2. The predicted molar refractivity (Wildman–Crippen MR) is 58.8 cm³/mol. The fraction of sp³-hybridized carbons (Fsp3) is 0.750. The number of nitrogens with two attached hydrogens (primary N) is 4. The standard InChI is InChI=1S/C6H14O.2CH4N2O/c1-2-3-4-5-6-7;2*2-1(3)4/h7H,2-6H2,1H3;2*(H4,2,3,4). The summed E-state index contributed by atoms with van der Waals surface area (Å²) in [5.74, 6) is 0. The van der Waals surface area contributed by atoms with E-state index in [9.17, 15) is 0 Å². The predicted octanol–water partition coefficient (Wildman–Crippen LogP) is -0.393. The van der Waals surface area contributed by atoms with E-state index in [1.807, 2.05) is 0 Å². The van der Waals surface area contributed by atoms with Crippen LogP contribution in [0, 0.1) is 0 Å². The second kappa shape index (κ2) is 18.3. The van der Waals surface area contributed by atoms with Crippen molar-refractivity contribution in [3.63, 3.8) is 0 Å². The quantitative estimate of drug-likeness (QED) is 0.410. The molecular weight excluding hydrogens is 200 g/mol. The summed E-state index contributed by atoms with van der Waals surface area (Å²) in [7, 11) is 0. The van der Waals surface area contributed by atoms with Gasteiger partial charge in [0.2, 0.25) is 0 Å². The number of carbonyl (C=O) groups is 2. The van der Waals surface area contributed by atoms with Crippen LogP contribution >= 0.6 is 0 Å². The maximum absolute atomic E-state index is 9.00. The van der Waals surface area contributed by atoms with Crippen molar-refractivity contribution in [2.75, 3.05) is 6.61 Å². The summed E-state index contributed by atoms with van der Waals surface area (Å²) in [4.78, 5) is 18.0. The zero-order valence-electron chi connectivity index (χ0n) is 9.11. The van der Waals surface area contributed by atoms with Gasteiger partial charge in [0.25, 0.3) is 0 Å². The van der Waals surface area contributed by atoms with Crippen LogP contribution in [0.3, 0.4) is 0 Å². The number of rotatable bonds is 4. The molecule has 0 aromatic carbocycles. The molecule has 0 radical (unpaired) electrons. The Morgan fingerprint density at radius 2 is 1.27 bits per heavy atom. The molecule has 0 atom stereocenters. The smallest absolute Gasteiger partial charge is 0.309 e. The largest absolute Gasteiger partial charge is 0.396 e. The topological polar surface area (TPSA) is 158 Å². The average molecular weight is 222 g/mol. The summed E-state index contributed by atoms with van der Waals surface area (Å²) in [6, 6.07) is -1.67. The zero-order valence-corrected chi connectivity index (χ0v) is 9.11. The van der Waals surface area contributed by atoms with Crippen LogP contribution in [-0.2, 0) is 0 Å². The number of hydrogen-bond donors (Lipinski definition) is 5. The Kier molecular flexibility index (Phi) is 23.4. The fourth-order valence-electron chi connectivity index (χ4n) is 0.539. The highest BCUT2D eigenvalue weighted by Gasteiger charge is 1.80. The van der Waals surface area contributed by atoms with Gasteiger partial charge in [0.15, 0.2) is 0 Å². The van der Waals surface area contributed by atoms with Crippen molar-refractivity contribution in [1.29, 1.82) is 0 Å². The lowest BCUT2D eigenvalue weighted by molar-refractivity contribution is 0.255. The highest BCUT2D eigenvalue weighted by Crippen LogP contribution is 1.95. The van der Waals surface area contributed by atoms with E-state index >= 15 is 0 Å². The molecule has 0 bridgehead atoms. The van der Waals surface area contributed by atoms with Crippen molar-refractivity contribution in [1.82, 2.24) is 0 Å². The Balaban J connectivity index is -0.000000155. The van der Waals surface area contributed by atoms with Gasteiger partial charge in [-0.1, -0.05) is 26.2 Å². The number of urea groups is 2. The van der Waals surface area contributed by atoms with Crippen LogP contribution in [0.4, 0.5) is 9.59 Å². The van der Waals surface area contributed by atoms with E-state index in [0.717, 1.165) is 6.42 Å². The van der Waals surface area contributed by atoms with E-state index < -0.39 is 12.1 Å². The van der Waals surface area contributed by atoms with E-state index in [0.29, 0.717) is 6.61 Å². The van der Waals surface area contributed by atoms with Crippen molar-refractivity contribution in [2.45, 2.75) is 32.6 Å². The van der Waals surface area contributed by atoms with Crippen molar-refractivity contribution in [2.24, 2.45) is 22.9 Å². The van der Waals surface area contributed by atoms with Crippen molar-refractivity contribution < 1.29 is 14.7 Å². The molecule has 0 aromatic heterocycles. The van der Waals surface area contributed by atoms with Crippen LogP contribution in [-0.4, -0.2) is 23.8 Å². The first-order valence-corrected chi connectivity index (χ1v) is 4.59. The number of aliphatic hydroxyl groups is 1. The second-order valence-electron chi connectivity index (χ2n) is 2.59. The molecule has 0 fully saturated rings. The van der Waals surface area contributed by atoms with E-state index in [1.54, 1.807) is 0 Å². The molecule has 0 aromatic rings. The van der Waals surface area contributed by atoms with Crippen molar-refractivity contribution >= 4 is 12.1 Å². The molecule has 7 nitrogen and oxygen atoms in total. The Morgan fingerprint density at radius 3 is 1.47 bits per heavy atom. The summed E-state index contributed by atoms with van der Waals surface area (Å²) in [6.07, 6.45) is 4.68. The summed E-state index contributed by atoms with van der Waals surface area (Å²) in [5.41, 5.74) is 17.0. The minimum absolute atomic E-state index is 0.361. The minimum Gasteiger partial charge on any atom is -0.396 e. The number of primary amides is 4. The molecule has 0 unspecified atom stereocenters. The van der Waals surface area contributed by atoms with E-state index in [1.165, 1.54) is 19.3 Å². The van der Waals surface area contributed by atoms with Crippen molar-refractivity contribution in [3.05, 3.63) is 0 Å². The molecule has 0 saturated carbocycles. The third-order valence-electron chi connectivity index (χ3n) is 1.01. The molecule has 0 rings (SSSR count). The van der Waals surface area contributed by atoms with Gasteiger partial charge in [-0.25, -0.2) is 9.59 Å². The van der Waals surface area contributed by atoms with Crippen LogP contribution in [0.15, 0.2) is 0 Å². The van der Waals surface area contributed by atoms with Gasteiger partial charge in [0, 0.05) is 6.61 Å². The first-order chi connectivity index (χ1) is 6.88. The first kappa shape index (κ1) is 19.1. The van der Waals surface area contributed by atoms with Gasteiger partial charge in [-0.15, -0.1) is 0 Å². The number of aliphatic hydroxyl groups excluding tert-OH is 1. The Bertz CT molecular complexity index is 129. The molecule has 0 aliphatic carbocycles. The minimum atomic E-state index is -0.833. The zero-order chi connectivity index (χ0) is 12.7. The monoisotopic (exact) mass is 222 g/mol. The summed E-state index contributed by atoms with van der Waals surface area (Å²) < 4.78 is 0. The van der Waals surface area contributed by atoms with Gasteiger partial charge < -0.3 is 28.0 Å². The highest BCUT2D eigenvalue weighted by molar-refractivity contribution is 5.69. The van der Waals surface area contributed by atoms with Crippen LogP contribution in [0.25, 0.3) is 0 Å². The highest BCUT2D eigenvalue weighted by atomic mass is 16.2. The van der Waals surface area contributed by atoms with Gasteiger partial charge in [-0.05, 0) is 6.42 Å². The SMILES string of the molecule is CCCCCCO.NC(N)=O.NC(N)=O. The first-order valence-electron chi connectivity index (χ1n) is 4.59. The molecule has 0 aliphatic rings. The van der Waals surface area contributed by atoms with Crippen LogP contribution < -0.4 is 22.9 Å². The lowest BCUT2D eigenvalue weighted by Crippen LogP contribution is -2.18. The van der Waals surface area contributed by atoms with Crippen LogP contribution in [0.2, 0.25) is 0 Å². The second-order valence-corrected chi connectivity index (χ2v) is 2.59. The molecule has 4 amide bonds. The Hall–Kier alpha value is -1.50. The van der Waals surface area contributed by atoms with E-state index in [2.05, 4.69) is 29.9 Å². The number of amides is 4. The normalized spacial score (nSPS) is 7.60. The third-order valence-corrected chi connectivity index (χ3v) is 1.01. The number of hydrogen-bond acceptors (Lipinski definition) is 3. The average Bonchev–Trinajstić information content (AvgIpc) is 2.03. The fourth-order valence-corrected chi connectivity index (χ4v) is 0.539. The molecule has 0 saturated heterocycles. The molecule has 92 valence electrons. The van der Waals surface area contributed by atoms with Gasteiger partial charge in [-0.2, -0.15) is 0 Å². The molecule has 7 heteroatoms.